The van der Waals surface area contributed by atoms with Gasteiger partial charge in [0.15, 0.2) is 11.0 Å². The van der Waals surface area contributed by atoms with E-state index in [1.165, 1.54) is 50.9 Å². The highest BCUT2D eigenvalue weighted by atomic mass is 32.2. The molecule has 4 aromatic rings. The SMILES string of the molecule is Cc1cc(Nc2cc(N3CCN(C4CCCCC4)CC3)nc(Sc3ccc4nc(C(F)(F)F)n(C)c4c3)n2)n[nH]1. The van der Waals surface area contributed by atoms with Crippen molar-refractivity contribution in [1.82, 2.24) is 34.6 Å². The van der Waals surface area contributed by atoms with Crippen LogP contribution in [0.1, 0.15) is 43.6 Å². The van der Waals surface area contributed by atoms with Crippen LogP contribution >= 0.6 is 11.8 Å². The van der Waals surface area contributed by atoms with E-state index >= 15 is 0 Å². The van der Waals surface area contributed by atoms with Gasteiger partial charge < -0.3 is 14.8 Å². The molecule has 1 saturated carbocycles. The van der Waals surface area contributed by atoms with E-state index in [-0.39, 0.29) is 0 Å². The monoisotopic (exact) mass is 571 g/mol. The van der Waals surface area contributed by atoms with E-state index in [1.54, 1.807) is 18.2 Å². The van der Waals surface area contributed by atoms with E-state index < -0.39 is 12.0 Å². The minimum Gasteiger partial charge on any atom is -0.354 e. The number of aromatic amines is 1. The van der Waals surface area contributed by atoms with Crippen molar-refractivity contribution in [2.24, 2.45) is 7.05 Å². The third-order valence-corrected chi connectivity index (χ3v) is 8.55. The number of alkyl halides is 3. The Hall–Kier alpha value is -3.32. The van der Waals surface area contributed by atoms with Crippen LogP contribution in [0.3, 0.4) is 0 Å². The van der Waals surface area contributed by atoms with Gasteiger partial charge in [0.1, 0.15) is 11.6 Å². The highest BCUT2D eigenvalue weighted by molar-refractivity contribution is 7.99. The van der Waals surface area contributed by atoms with Crippen molar-refractivity contribution >= 4 is 40.2 Å². The number of piperazine rings is 1. The fourth-order valence-electron chi connectivity index (χ4n) is 5.65. The molecule has 9 nitrogen and oxygen atoms in total. The molecule has 2 aliphatic rings. The zero-order valence-corrected chi connectivity index (χ0v) is 23.3. The van der Waals surface area contributed by atoms with Gasteiger partial charge in [0.25, 0.3) is 0 Å². The van der Waals surface area contributed by atoms with Gasteiger partial charge in [-0.2, -0.15) is 18.3 Å². The van der Waals surface area contributed by atoms with Gasteiger partial charge in [-0.15, -0.1) is 0 Å². The third-order valence-electron chi connectivity index (χ3n) is 7.70. The Morgan fingerprint density at radius 2 is 1.73 bits per heavy atom. The lowest BCUT2D eigenvalue weighted by Gasteiger charge is -2.41. The number of fused-ring (bicyclic) bond motifs is 1. The van der Waals surface area contributed by atoms with E-state index in [1.807, 2.05) is 19.1 Å². The second kappa shape index (κ2) is 10.9. The second-order valence-corrected chi connectivity index (χ2v) is 11.6. The van der Waals surface area contributed by atoms with Crippen molar-refractivity contribution in [2.75, 3.05) is 36.4 Å². The number of imidazole rings is 1. The lowest BCUT2D eigenvalue weighted by atomic mass is 9.94. The second-order valence-electron chi connectivity index (χ2n) is 10.5. The number of H-pyrrole nitrogens is 1. The minimum atomic E-state index is -4.52. The van der Waals surface area contributed by atoms with E-state index in [2.05, 4.69) is 30.3 Å². The average Bonchev–Trinajstić information content (AvgIpc) is 3.51. The Morgan fingerprint density at radius 1 is 0.950 bits per heavy atom. The van der Waals surface area contributed by atoms with Crippen molar-refractivity contribution in [3.8, 4) is 0 Å². The van der Waals surface area contributed by atoms with E-state index in [0.717, 1.165) is 47.2 Å². The summed E-state index contributed by atoms with van der Waals surface area (Å²) in [6.45, 7) is 5.67. The molecule has 1 saturated heterocycles. The average molecular weight is 572 g/mol. The number of aromatic nitrogens is 6. The molecule has 0 unspecified atom stereocenters. The Kier molecular flexibility index (Phi) is 7.34. The highest BCUT2D eigenvalue weighted by Crippen LogP contribution is 2.35. The molecule has 0 atom stereocenters. The number of benzene rings is 1. The number of rotatable bonds is 6. The molecule has 6 rings (SSSR count). The summed E-state index contributed by atoms with van der Waals surface area (Å²) in [4.78, 5) is 19.0. The van der Waals surface area contributed by atoms with Crippen LogP contribution in [-0.2, 0) is 13.2 Å². The Morgan fingerprint density at radius 3 is 2.42 bits per heavy atom. The first-order chi connectivity index (χ1) is 19.2. The van der Waals surface area contributed by atoms with Crippen LogP contribution in [0.15, 0.2) is 40.4 Å². The first kappa shape index (κ1) is 26.9. The normalized spacial score (nSPS) is 17.6. The standard InChI is InChI=1S/C27H32F3N9S/c1-17-14-23(36-35-17)32-22-16-24(39-12-10-38(11-13-39)18-6-4-3-5-7-18)34-26(33-22)40-19-8-9-20-21(15-19)37(2)25(31-20)27(28,29)30/h8-9,14-16,18H,3-7,10-13H2,1-2H3,(H2,32,33,34,35,36). The van der Waals surface area contributed by atoms with E-state index in [9.17, 15) is 13.2 Å². The quantitative estimate of drug-likeness (QED) is 0.282. The number of hydrogen-bond acceptors (Lipinski definition) is 8. The molecule has 1 aliphatic carbocycles. The molecular weight excluding hydrogens is 539 g/mol. The first-order valence-corrected chi connectivity index (χ1v) is 14.4. The van der Waals surface area contributed by atoms with E-state index in [0.29, 0.717) is 33.9 Å². The topological polar surface area (TPSA) is 90.8 Å². The Bertz CT molecular complexity index is 1480. The first-order valence-electron chi connectivity index (χ1n) is 13.6. The number of hydrogen-bond donors (Lipinski definition) is 2. The summed E-state index contributed by atoms with van der Waals surface area (Å²) >= 11 is 1.31. The molecule has 40 heavy (non-hydrogen) atoms. The van der Waals surface area contributed by atoms with Gasteiger partial charge in [0, 0.05) is 62.0 Å². The highest BCUT2D eigenvalue weighted by Gasteiger charge is 2.36. The molecule has 2 N–H and O–H groups in total. The van der Waals surface area contributed by atoms with Crippen molar-refractivity contribution in [3.05, 3.63) is 41.9 Å². The number of halogens is 3. The summed E-state index contributed by atoms with van der Waals surface area (Å²) in [5, 5.41) is 11.0. The fraction of sp³-hybridized carbons (Fsp3) is 0.481. The maximum absolute atomic E-state index is 13.4. The number of anilines is 3. The molecule has 0 radical (unpaired) electrons. The van der Waals surface area contributed by atoms with Crippen LogP contribution in [0.25, 0.3) is 11.0 Å². The minimum absolute atomic E-state index is 0.293. The van der Waals surface area contributed by atoms with Crippen molar-refractivity contribution in [3.63, 3.8) is 0 Å². The summed E-state index contributed by atoms with van der Waals surface area (Å²) in [6, 6.07) is 9.57. The van der Waals surface area contributed by atoms with Crippen LogP contribution in [0.2, 0.25) is 0 Å². The number of aryl methyl sites for hydroxylation is 2. The van der Waals surface area contributed by atoms with Crippen molar-refractivity contribution in [2.45, 2.75) is 61.3 Å². The van der Waals surface area contributed by atoms with Crippen LogP contribution in [0.4, 0.5) is 30.6 Å². The zero-order chi connectivity index (χ0) is 27.9. The van der Waals surface area contributed by atoms with Gasteiger partial charge in [-0.05, 0) is 49.7 Å². The van der Waals surface area contributed by atoms with Gasteiger partial charge in [-0.25, -0.2) is 15.0 Å². The number of nitrogens with zero attached hydrogens (tertiary/aromatic N) is 7. The van der Waals surface area contributed by atoms with Crippen molar-refractivity contribution < 1.29 is 13.2 Å². The molecular formula is C27H32F3N9S. The summed E-state index contributed by atoms with van der Waals surface area (Å²) in [6.07, 6.45) is 2.04. The molecule has 0 spiro atoms. The molecule has 1 aliphatic heterocycles. The van der Waals surface area contributed by atoms with Crippen LogP contribution in [0.5, 0.6) is 0 Å². The Labute approximate surface area is 234 Å². The molecule has 1 aromatic carbocycles. The molecule has 4 heterocycles. The molecule has 212 valence electrons. The van der Waals surface area contributed by atoms with Crippen LogP contribution in [0, 0.1) is 6.92 Å². The smallest absolute Gasteiger partial charge is 0.354 e. The van der Waals surface area contributed by atoms with Crippen LogP contribution < -0.4 is 10.2 Å². The predicted molar refractivity (Wildman–Crippen MR) is 149 cm³/mol. The van der Waals surface area contributed by atoms with Crippen LogP contribution in [-0.4, -0.2) is 66.8 Å². The molecule has 0 bridgehead atoms. The van der Waals surface area contributed by atoms with Gasteiger partial charge in [0.2, 0.25) is 5.82 Å². The molecule has 0 amide bonds. The summed E-state index contributed by atoms with van der Waals surface area (Å²) in [5.74, 6) is 1.15. The fourth-order valence-corrected chi connectivity index (χ4v) is 6.45. The summed E-state index contributed by atoms with van der Waals surface area (Å²) in [7, 11) is 1.38. The van der Waals surface area contributed by atoms with Gasteiger partial charge in [-0.1, -0.05) is 19.3 Å². The molecule has 3 aromatic heterocycles. The molecule has 2 fully saturated rings. The largest absolute Gasteiger partial charge is 0.449 e. The maximum atomic E-state index is 13.4. The summed E-state index contributed by atoms with van der Waals surface area (Å²) < 4.78 is 41.2. The van der Waals surface area contributed by atoms with E-state index in [4.69, 9.17) is 9.97 Å². The molecule has 13 heteroatoms. The van der Waals surface area contributed by atoms with Gasteiger partial charge in [0.05, 0.1) is 11.0 Å². The van der Waals surface area contributed by atoms with Gasteiger partial charge >= 0.3 is 6.18 Å². The lowest BCUT2D eigenvalue weighted by Crippen LogP contribution is -2.51. The van der Waals surface area contributed by atoms with Gasteiger partial charge in [-0.3, -0.25) is 10.00 Å². The zero-order valence-electron chi connectivity index (χ0n) is 22.5. The Balaban J connectivity index is 1.26. The lowest BCUT2D eigenvalue weighted by molar-refractivity contribution is -0.146. The third kappa shape index (κ3) is 5.75. The summed E-state index contributed by atoms with van der Waals surface area (Å²) in [5.41, 5.74) is 1.62. The van der Waals surface area contributed by atoms with Crippen molar-refractivity contribution in [1.29, 1.82) is 0 Å². The maximum Gasteiger partial charge on any atom is 0.449 e. The predicted octanol–water partition coefficient (Wildman–Crippen LogP) is 5.76. The number of nitrogens with one attached hydrogen (secondary N) is 2.